The Hall–Kier alpha value is -2.00. The quantitative estimate of drug-likeness (QED) is 0.363. The maximum Gasteiger partial charge on any atom is 0.411 e. The number of hydrogen-bond acceptors (Lipinski definition) is 3. The van der Waals surface area contributed by atoms with E-state index in [1.165, 1.54) is 7.11 Å². The number of nitrogens with zero attached hydrogens (tertiary/aromatic N) is 2. The molecular formula is C19H24ClIN4O2. The second kappa shape index (κ2) is 11.7. The molecule has 6 nitrogen and oxygen atoms in total. The van der Waals surface area contributed by atoms with Crippen LogP contribution in [0.4, 0.5) is 10.5 Å². The molecular weight excluding hydrogens is 479 g/mol. The third-order valence-corrected chi connectivity index (χ3v) is 3.99. The summed E-state index contributed by atoms with van der Waals surface area (Å²) in [4.78, 5) is 17.5. The highest BCUT2D eigenvalue weighted by atomic mass is 127. The Morgan fingerprint density at radius 1 is 1.11 bits per heavy atom. The van der Waals surface area contributed by atoms with E-state index >= 15 is 0 Å². The number of ether oxygens (including phenoxy) is 1. The number of halogens is 2. The second-order valence-corrected chi connectivity index (χ2v) is 6.13. The summed E-state index contributed by atoms with van der Waals surface area (Å²) in [6.07, 6.45) is -0.486. The van der Waals surface area contributed by atoms with Crippen molar-refractivity contribution < 1.29 is 9.53 Å². The monoisotopic (exact) mass is 502 g/mol. The average molecular weight is 503 g/mol. The summed E-state index contributed by atoms with van der Waals surface area (Å²) in [6, 6.07) is 15.3. The van der Waals surface area contributed by atoms with Gasteiger partial charge in [0.15, 0.2) is 5.96 Å². The fourth-order valence-electron chi connectivity index (χ4n) is 2.38. The van der Waals surface area contributed by atoms with Gasteiger partial charge in [0.1, 0.15) is 0 Å². The molecule has 0 aliphatic rings. The first-order chi connectivity index (χ1) is 12.5. The fourth-order valence-corrected chi connectivity index (χ4v) is 2.51. The molecule has 8 heteroatoms. The molecule has 0 radical (unpaired) electrons. The van der Waals surface area contributed by atoms with Gasteiger partial charge < -0.3 is 15.0 Å². The molecule has 0 aliphatic heterocycles. The van der Waals surface area contributed by atoms with Gasteiger partial charge in [-0.1, -0.05) is 35.9 Å². The molecule has 0 fully saturated rings. The van der Waals surface area contributed by atoms with Gasteiger partial charge in [0.25, 0.3) is 0 Å². The molecule has 0 saturated heterocycles. The first-order valence-electron chi connectivity index (χ1n) is 8.12. The van der Waals surface area contributed by atoms with Gasteiger partial charge in [-0.05, 0) is 35.4 Å². The Kier molecular flexibility index (Phi) is 9.95. The summed E-state index contributed by atoms with van der Waals surface area (Å²) >= 11 is 5.92. The Bertz CT molecular complexity index is 751. The van der Waals surface area contributed by atoms with Crippen LogP contribution < -0.4 is 10.6 Å². The maximum absolute atomic E-state index is 11.2. The van der Waals surface area contributed by atoms with Crippen LogP contribution in [-0.2, 0) is 17.8 Å². The predicted octanol–water partition coefficient (Wildman–Crippen LogP) is 4.34. The summed E-state index contributed by atoms with van der Waals surface area (Å²) < 4.78 is 4.57. The highest BCUT2D eigenvalue weighted by Gasteiger charge is 2.07. The molecule has 0 bridgehead atoms. The summed E-state index contributed by atoms with van der Waals surface area (Å²) in [5.74, 6) is 0.789. The number of carbonyl (C=O) groups is 1. The Morgan fingerprint density at radius 3 is 2.26 bits per heavy atom. The van der Waals surface area contributed by atoms with Crippen molar-refractivity contribution in [1.29, 1.82) is 0 Å². The van der Waals surface area contributed by atoms with Crippen molar-refractivity contribution in [3.8, 4) is 0 Å². The number of rotatable bonds is 5. The van der Waals surface area contributed by atoms with Gasteiger partial charge in [0.05, 0.1) is 7.11 Å². The zero-order valence-corrected chi connectivity index (χ0v) is 18.6. The van der Waals surface area contributed by atoms with Crippen LogP contribution in [0.25, 0.3) is 0 Å². The molecule has 2 N–H and O–H groups in total. The third-order valence-electron chi connectivity index (χ3n) is 3.74. The molecule has 0 aromatic heterocycles. The number of anilines is 1. The van der Waals surface area contributed by atoms with E-state index in [0.29, 0.717) is 12.2 Å². The lowest BCUT2D eigenvalue weighted by Crippen LogP contribution is -2.38. The highest BCUT2D eigenvalue weighted by molar-refractivity contribution is 14.0. The van der Waals surface area contributed by atoms with Crippen LogP contribution in [0.2, 0.25) is 5.02 Å². The van der Waals surface area contributed by atoms with Crippen molar-refractivity contribution in [3.05, 3.63) is 64.7 Å². The van der Waals surface area contributed by atoms with E-state index in [4.69, 9.17) is 11.6 Å². The van der Waals surface area contributed by atoms with Gasteiger partial charge in [-0.2, -0.15) is 0 Å². The first kappa shape index (κ1) is 23.0. The van der Waals surface area contributed by atoms with E-state index in [0.717, 1.165) is 28.7 Å². The van der Waals surface area contributed by atoms with Crippen molar-refractivity contribution in [3.63, 3.8) is 0 Å². The Balaban J connectivity index is 0.00000364. The number of amides is 1. The number of nitrogens with one attached hydrogen (secondary N) is 2. The minimum Gasteiger partial charge on any atom is -0.453 e. The molecule has 146 valence electrons. The second-order valence-electron chi connectivity index (χ2n) is 5.70. The van der Waals surface area contributed by atoms with Gasteiger partial charge in [0, 0.05) is 37.9 Å². The van der Waals surface area contributed by atoms with E-state index in [1.807, 2.05) is 60.5 Å². The number of carbonyl (C=O) groups excluding carboxylic acids is 1. The average Bonchev–Trinajstić information content (AvgIpc) is 2.65. The topological polar surface area (TPSA) is 66.0 Å². The summed E-state index contributed by atoms with van der Waals surface area (Å²) in [6.45, 7) is 1.34. The van der Waals surface area contributed by atoms with Crippen LogP contribution in [0.1, 0.15) is 11.1 Å². The fraction of sp³-hybridized carbons (Fsp3) is 0.263. The van der Waals surface area contributed by atoms with Gasteiger partial charge in [-0.3, -0.25) is 10.3 Å². The largest absolute Gasteiger partial charge is 0.453 e. The molecule has 0 spiro atoms. The molecule has 0 saturated carbocycles. The molecule has 0 aliphatic carbocycles. The van der Waals surface area contributed by atoms with Crippen LogP contribution in [0.3, 0.4) is 0 Å². The minimum atomic E-state index is -0.486. The molecule has 0 atom stereocenters. The van der Waals surface area contributed by atoms with Crippen LogP contribution in [0.15, 0.2) is 53.5 Å². The highest BCUT2D eigenvalue weighted by Crippen LogP contribution is 2.12. The zero-order chi connectivity index (χ0) is 18.9. The Morgan fingerprint density at radius 2 is 1.70 bits per heavy atom. The minimum absolute atomic E-state index is 0. The summed E-state index contributed by atoms with van der Waals surface area (Å²) in [7, 11) is 5.07. The zero-order valence-electron chi connectivity index (χ0n) is 15.5. The van der Waals surface area contributed by atoms with Crippen molar-refractivity contribution in [2.24, 2.45) is 4.99 Å². The molecule has 2 aromatic carbocycles. The molecule has 0 unspecified atom stereocenters. The number of guanidine groups is 1. The Labute approximate surface area is 182 Å². The lowest BCUT2D eigenvalue weighted by molar-refractivity contribution is 0.187. The van der Waals surface area contributed by atoms with Crippen LogP contribution >= 0.6 is 35.6 Å². The van der Waals surface area contributed by atoms with Gasteiger partial charge in [-0.25, -0.2) is 4.79 Å². The van der Waals surface area contributed by atoms with Crippen LogP contribution in [-0.4, -0.2) is 38.2 Å². The van der Waals surface area contributed by atoms with E-state index < -0.39 is 6.09 Å². The number of aliphatic imine (C=N–C) groups is 1. The number of benzene rings is 2. The van der Waals surface area contributed by atoms with Crippen molar-refractivity contribution >= 4 is 53.3 Å². The normalized spacial score (nSPS) is 10.6. The lowest BCUT2D eigenvalue weighted by Gasteiger charge is -2.22. The van der Waals surface area contributed by atoms with Crippen molar-refractivity contribution in [2.75, 3.05) is 26.5 Å². The summed E-state index contributed by atoms with van der Waals surface area (Å²) in [5.41, 5.74) is 2.91. The third kappa shape index (κ3) is 7.64. The summed E-state index contributed by atoms with van der Waals surface area (Å²) in [5, 5.41) is 6.67. The van der Waals surface area contributed by atoms with Gasteiger partial charge in [-0.15, -0.1) is 24.0 Å². The smallest absolute Gasteiger partial charge is 0.411 e. The molecule has 1 amide bonds. The first-order valence-corrected chi connectivity index (χ1v) is 8.49. The van der Waals surface area contributed by atoms with Crippen molar-refractivity contribution in [2.45, 2.75) is 13.1 Å². The van der Waals surface area contributed by atoms with E-state index in [9.17, 15) is 4.79 Å². The maximum atomic E-state index is 11.2. The van der Waals surface area contributed by atoms with E-state index in [-0.39, 0.29) is 24.0 Å². The van der Waals surface area contributed by atoms with Crippen molar-refractivity contribution in [1.82, 2.24) is 10.2 Å². The van der Waals surface area contributed by atoms with Gasteiger partial charge in [0.2, 0.25) is 0 Å². The molecule has 27 heavy (non-hydrogen) atoms. The lowest BCUT2D eigenvalue weighted by atomic mass is 10.2. The SMILES string of the molecule is CN=C(NCc1ccc(NC(=O)OC)cc1)N(C)Cc1ccc(Cl)cc1.I. The van der Waals surface area contributed by atoms with E-state index in [1.54, 1.807) is 7.05 Å². The van der Waals surface area contributed by atoms with Crippen LogP contribution in [0, 0.1) is 0 Å². The standard InChI is InChI=1S/C19H23ClN4O2.HI/c1-21-18(24(2)13-15-4-8-16(20)9-5-15)22-12-14-6-10-17(11-7-14)23-19(25)26-3;/h4-11H,12-13H2,1-3H3,(H,21,22)(H,23,25);1H. The molecule has 2 rings (SSSR count). The molecule has 0 heterocycles. The van der Waals surface area contributed by atoms with Gasteiger partial charge >= 0.3 is 6.09 Å². The van der Waals surface area contributed by atoms with E-state index in [2.05, 4.69) is 20.4 Å². The predicted molar refractivity (Wildman–Crippen MR) is 121 cm³/mol. The number of hydrogen-bond donors (Lipinski definition) is 2. The van der Waals surface area contributed by atoms with Crippen LogP contribution in [0.5, 0.6) is 0 Å². The number of methoxy groups -OCH3 is 1. The molecule has 2 aromatic rings.